The average Bonchev–Trinajstić information content (AvgIpc) is 2.40. The van der Waals surface area contributed by atoms with E-state index in [4.69, 9.17) is 22.7 Å². The van der Waals surface area contributed by atoms with Gasteiger partial charge < -0.3 is 15.8 Å². The van der Waals surface area contributed by atoms with E-state index in [-0.39, 0.29) is 0 Å². The maximum Gasteiger partial charge on any atom is 0.135 e. The molecule has 6 heteroatoms. The van der Waals surface area contributed by atoms with Gasteiger partial charge in [-0.25, -0.2) is 0 Å². The number of rotatable bonds is 4. The molecule has 0 fully saturated rings. The van der Waals surface area contributed by atoms with E-state index in [1.165, 1.54) is 0 Å². The lowest BCUT2D eigenvalue weighted by atomic mass is 10.1. The predicted octanol–water partition coefficient (Wildman–Crippen LogP) is 4.60. The molecule has 3 nitrogen and oxygen atoms in total. The summed E-state index contributed by atoms with van der Waals surface area (Å²) in [7, 11) is 1.63. The first-order chi connectivity index (χ1) is 9.51. The zero-order valence-electron chi connectivity index (χ0n) is 10.6. The third kappa shape index (κ3) is 3.50. The van der Waals surface area contributed by atoms with Crippen LogP contribution in [0.1, 0.15) is 5.56 Å². The summed E-state index contributed by atoms with van der Waals surface area (Å²) in [6.45, 7) is 0. The molecule has 0 aliphatic rings. The van der Waals surface area contributed by atoms with Crippen LogP contribution < -0.4 is 15.8 Å². The molecule has 0 unspecified atom stereocenters. The highest BCUT2D eigenvalue weighted by Crippen LogP contribution is 2.31. The Labute approximate surface area is 139 Å². The van der Waals surface area contributed by atoms with Gasteiger partial charge >= 0.3 is 0 Å². The number of ether oxygens (including phenoxy) is 1. The number of hydrogen-bond donors (Lipinski definition) is 2. The van der Waals surface area contributed by atoms with E-state index >= 15 is 0 Å². The van der Waals surface area contributed by atoms with Crippen LogP contribution in [0.4, 0.5) is 11.4 Å². The van der Waals surface area contributed by atoms with Crippen LogP contribution in [0.15, 0.2) is 45.3 Å². The molecule has 20 heavy (non-hydrogen) atoms. The third-order valence-electron chi connectivity index (χ3n) is 2.68. The van der Waals surface area contributed by atoms with E-state index in [9.17, 15) is 0 Å². The van der Waals surface area contributed by atoms with Crippen molar-refractivity contribution in [2.24, 2.45) is 5.73 Å². The minimum atomic E-state index is 0.351. The van der Waals surface area contributed by atoms with E-state index in [0.717, 1.165) is 31.6 Å². The second-order valence-electron chi connectivity index (χ2n) is 4.03. The largest absolute Gasteiger partial charge is 0.495 e. The fourth-order valence-electron chi connectivity index (χ4n) is 1.73. The molecule has 0 heterocycles. The van der Waals surface area contributed by atoms with Gasteiger partial charge in [-0.3, -0.25) is 0 Å². The van der Waals surface area contributed by atoms with Crippen molar-refractivity contribution >= 4 is 60.4 Å². The van der Waals surface area contributed by atoms with E-state index in [1.807, 2.05) is 36.4 Å². The molecule has 0 spiro atoms. The molecule has 0 aliphatic carbocycles. The summed E-state index contributed by atoms with van der Waals surface area (Å²) >= 11 is 11.9. The number of methoxy groups -OCH3 is 1. The monoisotopic (exact) mass is 414 g/mol. The van der Waals surface area contributed by atoms with E-state index in [1.54, 1.807) is 7.11 Å². The molecule has 0 saturated heterocycles. The molecule has 0 atom stereocenters. The average molecular weight is 416 g/mol. The van der Waals surface area contributed by atoms with Crippen molar-refractivity contribution in [3.05, 3.63) is 50.9 Å². The predicted molar refractivity (Wildman–Crippen MR) is 94.0 cm³/mol. The molecular formula is C14H12Br2N2OS. The normalized spacial score (nSPS) is 10.2. The Morgan fingerprint density at radius 1 is 1.20 bits per heavy atom. The van der Waals surface area contributed by atoms with Gasteiger partial charge in [0.2, 0.25) is 0 Å². The zero-order chi connectivity index (χ0) is 14.7. The zero-order valence-corrected chi connectivity index (χ0v) is 14.6. The van der Waals surface area contributed by atoms with Crippen molar-refractivity contribution in [2.75, 3.05) is 12.4 Å². The molecule has 0 aliphatic heterocycles. The van der Waals surface area contributed by atoms with E-state index < -0.39 is 0 Å². The van der Waals surface area contributed by atoms with Crippen molar-refractivity contribution in [3.63, 3.8) is 0 Å². The van der Waals surface area contributed by atoms with Crippen LogP contribution in [0.2, 0.25) is 0 Å². The standard InChI is InChI=1S/C14H12Br2N2OS/c1-19-13-7-9(3-5-11(13)16)18-12-6-8(15)2-4-10(12)14(17)20/h2-7,18H,1H3,(H2,17,20). The molecule has 104 valence electrons. The summed E-state index contributed by atoms with van der Waals surface area (Å²) < 4.78 is 7.12. The van der Waals surface area contributed by atoms with Gasteiger partial charge in [-0.1, -0.05) is 28.1 Å². The maximum atomic E-state index is 5.74. The van der Waals surface area contributed by atoms with Gasteiger partial charge in [0.1, 0.15) is 10.7 Å². The summed E-state index contributed by atoms with van der Waals surface area (Å²) in [5.41, 5.74) is 8.27. The lowest BCUT2D eigenvalue weighted by Gasteiger charge is -2.13. The molecule has 0 amide bonds. The Morgan fingerprint density at radius 3 is 2.60 bits per heavy atom. The van der Waals surface area contributed by atoms with Crippen LogP contribution in [0, 0.1) is 0 Å². The third-order valence-corrected chi connectivity index (χ3v) is 4.05. The van der Waals surface area contributed by atoms with Crippen LogP contribution >= 0.6 is 44.1 Å². The fraction of sp³-hybridized carbons (Fsp3) is 0.0714. The Kier molecular flexibility index (Phi) is 5.01. The van der Waals surface area contributed by atoms with Gasteiger partial charge in [0.05, 0.1) is 11.6 Å². The second-order valence-corrected chi connectivity index (χ2v) is 6.24. The summed E-state index contributed by atoms with van der Waals surface area (Å²) in [4.78, 5) is 0.351. The molecule has 2 aromatic carbocycles. The minimum Gasteiger partial charge on any atom is -0.495 e. The topological polar surface area (TPSA) is 47.3 Å². The van der Waals surface area contributed by atoms with Crippen molar-refractivity contribution in [2.45, 2.75) is 0 Å². The SMILES string of the molecule is COc1cc(Nc2cc(Br)ccc2C(N)=S)ccc1Br. The van der Waals surface area contributed by atoms with Gasteiger partial charge in [0.25, 0.3) is 0 Å². The van der Waals surface area contributed by atoms with Crippen LogP contribution in [0.25, 0.3) is 0 Å². The lowest BCUT2D eigenvalue weighted by Crippen LogP contribution is -2.11. The smallest absolute Gasteiger partial charge is 0.135 e. The molecule has 0 radical (unpaired) electrons. The van der Waals surface area contributed by atoms with Crippen molar-refractivity contribution in [1.82, 2.24) is 0 Å². The van der Waals surface area contributed by atoms with Gasteiger partial charge in [-0.05, 0) is 46.3 Å². The first kappa shape index (κ1) is 15.3. The molecule has 2 aromatic rings. The summed E-state index contributed by atoms with van der Waals surface area (Å²) in [5.74, 6) is 0.752. The second kappa shape index (κ2) is 6.56. The highest BCUT2D eigenvalue weighted by molar-refractivity contribution is 9.10. The highest BCUT2D eigenvalue weighted by Gasteiger charge is 2.08. The van der Waals surface area contributed by atoms with Crippen LogP contribution in [-0.4, -0.2) is 12.1 Å². The van der Waals surface area contributed by atoms with Crippen molar-refractivity contribution < 1.29 is 4.74 Å². The molecular weight excluding hydrogens is 404 g/mol. The van der Waals surface area contributed by atoms with Crippen LogP contribution in [-0.2, 0) is 0 Å². The number of anilines is 2. The summed E-state index contributed by atoms with van der Waals surface area (Å²) in [6.07, 6.45) is 0. The molecule has 0 saturated carbocycles. The molecule has 2 rings (SSSR count). The Balaban J connectivity index is 2.39. The van der Waals surface area contributed by atoms with Crippen LogP contribution in [0.5, 0.6) is 5.75 Å². The maximum absolute atomic E-state index is 5.74. The highest BCUT2D eigenvalue weighted by atomic mass is 79.9. The number of thiocarbonyl (C=S) groups is 1. The van der Waals surface area contributed by atoms with Crippen molar-refractivity contribution in [3.8, 4) is 5.75 Å². The Morgan fingerprint density at radius 2 is 1.95 bits per heavy atom. The first-order valence-electron chi connectivity index (χ1n) is 5.71. The Bertz CT molecular complexity index is 662. The van der Waals surface area contributed by atoms with Gasteiger partial charge in [-0.15, -0.1) is 0 Å². The first-order valence-corrected chi connectivity index (χ1v) is 7.70. The van der Waals surface area contributed by atoms with E-state index in [2.05, 4.69) is 37.2 Å². The van der Waals surface area contributed by atoms with Crippen LogP contribution in [0.3, 0.4) is 0 Å². The number of nitrogens with one attached hydrogen (secondary N) is 1. The van der Waals surface area contributed by atoms with E-state index in [0.29, 0.717) is 4.99 Å². The minimum absolute atomic E-state index is 0.351. The van der Waals surface area contributed by atoms with Gasteiger partial charge in [0, 0.05) is 27.5 Å². The lowest BCUT2D eigenvalue weighted by molar-refractivity contribution is 0.412. The Hall–Kier alpha value is -1.11. The number of benzene rings is 2. The summed E-state index contributed by atoms with van der Waals surface area (Å²) in [5, 5.41) is 3.30. The molecule has 0 bridgehead atoms. The van der Waals surface area contributed by atoms with Gasteiger partial charge in [-0.2, -0.15) is 0 Å². The fourth-order valence-corrected chi connectivity index (χ4v) is 2.68. The number of nitrogens with two attached hydrogens (primary N) is 1. The molecule has 0 aromatic heterocycles. The van der Waals surface area contributed by atoms with Gasteiger partial charge in [0.15, 0.2) is 0 Å². The number of hydrogen-bond acceptors (Lipinski definition) is 3. The number of halogens is 2. The summed E-state index contributed by atoms with van der Waals surface area (Å²) in [6, 6.07) is 11.5. The quantitative estimate of drug-likeness (QED) is 0.716. The molecule has 3 N–H and O–H groups in total. The van der Waals surface area contributed by atoms with Crippen molar-refractivity contribution in [1.29, 1.82) is 0 Å².